The van der Waals surface area contributed by atoms with Gasteiger partial charge in [-0.15, -0.1) is 0 Å². The van der Waals surface area contributed by atoms with Crippen LogP contribution in [0.5, 0.6) is 11.5 Å². The molecule has 0 amide bonds. The number of hydrogen-bond acceptors (Lipinski definition) is 5. The molecule has 0 atom stereocenters. The van der Waals surface area contributed by atoms with Crippen LogP contribution in [-0.4, -0.2) is 32.1 Å². The number of nitrogens with one attached hydrogen (secondary N) is 2. The molecule has 0 saturated carbocycles. The van der Waals surface area contributed by atoms with E-state index in [0.29, 0.717) is 5.75 Å². The van der Waals surface area contributed by atoms with Crippen LogP contribution in [0.25, 0.3) is 21.8 Å². The average molecular weight is 392 g/mol. The molecule has 2 aromatic carbocycles. The van der Waals surface area contributed by atoms with Crippen molar-refractivity contribution in [2.24, 2.45) is 0 Å². The van der Waals surface area contributed by atoms with E-state index in [-0.39, 0.29) is 38.9 Å². The third kappa shape index (κ3) is 3.10. The number of fused-ring (bicyclic) bond motifs is 2. The molecule has 0 fully saturated rings. The Bertz CT molecular complexity index is 1330. The van der Waals surface area contributed by atoms with Crippen molar-refractivity contribution in [3.63, 3.8) is 0 Å². The Labute approximate surface area is 160 Å². The number of aromatic nitrogens is 2. The van der Waals surface area contributed by atoms with E-state index in [9.17, 15) is 29.4 Å². The zero-order valence-electron chi connectivity index (χ0n) is 14.6. The number of aromatic carboxylic acids is 2. The maximum atomic E-state index is 12.5. The molecule has 144 valence electrons. The monoisotopic (exact) mass is 392 g/mol. The Morgan fingerprint density at radius 3 is 1.69 bits per heavy atom. The summed E-state index contributed by atoms with van der Waals surface area (Å²) in [7, 11) is 0. The Morgan fingerprint density at radius 1 is 0.759 bits per heavy atom. The number of hydrogen-bond donors (Lipinski definition) is 4. The number of aromatic amines is 2. The topological polar surface area (TPSA) is 150 Å². The van der Waals surface area contributed by atoms with E-state index in [4.69, 9.17) is 4.74 Å². The van der Waals surface area contributed by atoms with E-state index in [2.05, 4.69) is 9.97 Å². The van der Waals surface area contributed by atoms with E-state index >= 15 is 0 Å². The maximum absolute atomic E-state index is 12.5. The molecule has 2 aromatic heterocycles. The Morgan fingerprint density at radius 2 is 1.24 bits per heavy atom. The number of H-pyrrole nitrogens is 2. The van der Waals surface area contributed by atoms with Crippen LogP contribution < -0.4 is 15.6 Å². The third-order valence-electron chi connectivity index (χ3n) is 4.31. The smallest absolute Gasteiger partial charge is 0.352 e. The maximum Gasteiger partial charge on any atom is 0.352 e. The summed E-state index contributed by atoms with van der Waals surface area (Å²) < 4.78 is 5.86. The molecule has 29 heavy (non-hydrogen) atoms. The van der Waals surface area contributed by atoms with E-state index in [1.165, 1.54) is 6.07 Å². The molecular formula is C20H12N2O7. The summed E-state index contributed by atoms with van der Waals surface area (Å²) in [6.45, 7) is 0. The molecule has 0 aliphatic carbocycles. The van der Waals surface area contributed by atoms with Gasteiger partial charge in [0.25, 0.3) is 0 Å². The minimum Gasteiger partial charge on any atom is -0.477 e. The van der Waals surface area contributed by atoms with E-state index in [0.717, 1.165) is 12.1 Å². The summed E-state index contributed by atoms with van der Waals surface area (Å²) in [6, 6.07) is 11.5. The molecule has 4 N–H and O–H groups in total. The largest absolute Gasteiger partial charge is 0.477 e. The second-order valence-electron chi connectivity index (χ2n) is 6.17. The van der Waals surface area contributed by atoms with E-state index in [1.807, 2.05) is 0 Å². The van der Waals surface area contributed by atoms with Crippen LogP contribution in [0.1, 0.15) is 21.0 Å². The first kappa shape index (κ1) is 18.0. The molecule has 0 saturated heterocycles. The normalized spacial score (nSPS) is 10.9. The van der Waals surface area contributed by atoms with Gasteiger partial charge in [-0.2, -0.15) is 0 Å². The number of para-hydroxylation sites is 1. The first-order valence-corrected chi connectivity index (χ1v) is 8.31. The van der Waals surface area contributed by atoms with Crippen LogP contribution in [0.4, 0.5) is 0 Å². The number of benzene rings is 2. The van der Waals surface area contributed by atoms with Gasteiger partial charge >= 0.3 is 11.9 Å². The van der Waals surface area contributed by atoms with Gasteiger partial charge in [0.15, 0.2) is 16.6 Å². The molecule has 4 aromatic rings. The van der Waals surface area contributed by atoms with Crippen molar-refractivity contribution in [3.05, 3.63) is 80.4 Å². The molecular weight excluding hydrogens is 380 g/mol. The minimum atomic E-state index is -1.36. The lowest BCUT2D eigenvalue weighted by atomic mass is 10.1. The first-order valence-electron chi connectivity index (χ1n) is 8.31. The first-order chi connectivity index (χ1) is 13.8. The fourth-order valence-corrected chi connectivity index (χ4v) is 2.99. The average Bonchev–Trinajstić information content (AvgIpc) is 2.69. The molecule has 0 aliphatic rings. The highest BCUT2D eigenvalue weighted by Crippen LogP contribution is 2.34. The second-order valence-corrected chi connectivity index (χ2v) is 6.17. The van der Waals surface area contributed by atoms with Gasteiger partial charge in [-0.25, -0.2) is 9.59 Å². The van der Waals surface area contributed by atoms with Crippen molar-refractivity contribution < 1.29 is 24.5 Å². The highest BCUT2D eigenvalue weighted by Gasteiger charge is 2.19. The molecule has 2 heterocycles. The van der Waals surface area contributed by atoms with Crippen LogP contribution in [-0.2, 0) is 0 Å². The number of carboxylic acid groups (broad SMARTS) is 2. The Hall–Kier alpha value is -4.40. The number of carboxylic acids is 2. The summed E-state index contributed by atoms with van der Waals surface area (Å²) in [5.74, 6) is -2.45. The molecule has 0 spiro atoms. The van der Waals surface area contributed by atoms with Crippen LogP contribution in [0.2, 0.25) is 0 Å². The fourth-order valence-electron chi connectivity index (χ4n) is 2.99. The zero-order valence-corrected chi connectivity index (χ0v) is 14.6. The highest BCUT2D eigenvalue weighted by molar-refractivity contribution is 6.04. The SMILES string of the molecule is O=C(O)c1cc(=O)c2cc3c(=O)cc(C(=O)O)[nH]c3c(Oc3ccccc3)c2[nH]1. The Balaban J connectivity index is 2.18. The third-order valence-corrected chi connectivity index (χ3v) is 4.31. The number of pyridine rings is 2. The van der Waals surface area contributed by atoms with Crippen molar-refractivity contribution in [1.82, 2.24) is 9.97 Å². The van der Waals surface area contributed by atoms with Gasteiger partial charge in [0, 0.05) is 12.1 Å². The van der Waals surface area contributed by atoms with Gasteiger partial charge in [-0.3, -0.25) is 9.59 Å². The van der Waals surface area contributed by atoms with Crippen molar-refractivity contribution in [2.75, 3.05) is 0 Å². The summed E-state index contributed by atoms with van der Waals surface area (Å²) in [5.41, 5.74) is -1.97. The van der Waals surface area contributed by atoms with Crippen molar-refractivity contribution in [1.29, 1.82) is 0 Å². The second kappa shape index (κ2) is 6.64. The lowest BCUT2D eigenvalue weighted by Gasteiger charge is -2.13. The minimum absolute atomic E-state index is 0.0180. The summed E-state index contributed by atoms with van der Waals surface area (Å²) in [4.78, 5) is 53.0. The van der Waals surface area contributed by atoms with Crippen LogP contribution in [0.15, 0.2) is 58.1 Å². The predicted octanol–water partition coefficient (Wildman–Crippen LogP) is 2.56. The fraction of sp³-hybridized carbons (Fsp3) is 0. The predicted molar refractivity (Wildman–Crippen MR) is 103 cm³/mol. The summed E-state index contributed by atoms with van der Waals surface area (Å²) in [5, 5.41) is 18.6. The van der Waals surface area contributed by atoms with Crippen LogP contribution >= 0.6 is 0 Å². The van der Waals surface area contributed by atoms with Gasteiger partial charge in [-0.1, -0.05) is 18.2 Å². The molecule has 9 nitrogen and oxygen atoms in total. The van der Waals surface area contributed by atoms with Crippen molar-refractivity contribution in [2.45, 2.75) is 0 Å². The lowest BCUT2D eigenvalue weighted by Crippen LogP contribution is -2.14. The van der Waals surface area contributed by atoms with E-state index < -0.39 is 22.8 Å². The van der Waals surface area contributed by atoms with Crippen LogP contribution in [0, 0.1) is 0 Å². The van der Waals surface area contributed by atoms with Crippen molar-refractivity contribution in [3.8, 4) is 11.5 Å². The van der Waals surface area contributed by atoms with Crippen molar-refractivity contribution >= 4 is 33.7 Å². The molecule has 0 unspecified atom stereocenters. The molecule has 4 rings (SSSR count). The summed E-state index contributed by atoms with van der Waals surface area (Å²) in [6.07, 6.45) is 0. The number of rotatable bonds is 4. The quantitative estimate of drug-likeness (QED) is 0.390. The zero-order chi connectivity index (χ0) is 20.7. The van der Waals surface area contributed by atoms with Gasteiger partial charge < -0.3 is 24.9 Å². The van der Waals surface area contributed by atoms with E-state index in [1.54, 1.807) is 30.3 Å². The summed E-state index contributed by atoms with van der Waals surface area (Å²) >= 11 is 0. The molecule has 0 radical (unpaired) electrons. The number of ether oxygens (including phenoxy) is 1. The molecule has 0 aliphatic heterocycles. The number of carbonyl (C=O) groups is 2. The highest BCUT2D eigenvalue weighted by atomic mass is 16.5. The molecule has 0 bridgehead atoms. The van der Waals surface area contributed by atoms with Gasteiger partial charge in [0.1, 0.15) is 17.1 Å². The molecule has 9 heteroatoms. The van der Waals surface area contributed by atoms with Gasteiger partial charge in [0.05, 0.1) is 21.8 Å². The Kier molecular flexibility index (Phi) is 4.12. The van der Waals surface area contributed by atoms with Gasteiger partial charge in [0.2, 0.25) is 0 Å². The van der Waals surface area contributed by atoms with Crippen LogP contribution in [0.3, 0.4) is 0 Å². The van der Waals surface area contributed by atoms with Gasteiger partial charge in [-0.05, 0) is 18.2 Å². The lowest BCUT2D eigenvalue weighted by molar-refractivity contribution is 0.0680. The standard InChI is InChI=1S/C20H12N2O7/c23-14-7-12(19(25)26)21-16-10(14)6-11-15(24)8-13(20(27)28)22-17(11)18(16)29-9-4-2-1-3-5-9/h1-8H,(H,21,23)(H,22,24)(H,25,26)(H,27,28).